The zero-order valence-electron chi connectivity index (χ0n) is 12.8. The lowest BCUT2D eigenvalue weighted by Gasteiger charge is -2.11. The SMILES string of the molecule is CC(C)CCc1ccc(-c2cc(F)c(C(F)(F)F)c(F)c2)cc1. The third-order valence-corrected chi connectivity index (χ3v) is 3.62. The number of rotatable bonds is 4. The Morgan fingerprint density at radius 1 is 0.870 bits per heavy atom. The first kappa shape index (κ1) is 17.4. The Hall–Kier alpha value is -1.91. The molecule has 0 bridgehead atoms. The Morgan fingerprint density at radius 2 is 1.39 bits per heavy atom. The molecule has 0 unspecified atom stereocenters. The van der Waals surface area contributed by atoms with E-state index >= 15 is 0 Å². The van der Waals surface area contributed by atoms with Crippen molar-refractivity contribution in [1.29, 1.82) is 0 Å². The number of benzene rings is 2. The van der Waals surface area contributed by atoms with E-state index in [-0.39, 0.29) is 5.56 Å². The molecule has 0 saturated carbocycles. The van der Waals surface area contributed by atoms with Crippen molar-refractivity contribution in [2.75, 3.05) is 0 Å². The Bertz CT molecular complexity index is 646. The summed E-state index contributed by atoms with van der Waals surface area (Å²) < 4.78 is 64.9. The number of hydrogen-bond acceptors (Lipinski definition) is 0. The van der Waals surface area contributed by atoms with E-state index in [4.69, 9.17) is 0 Å². The highest BCUT2D eigenvalue weighted by atomic mass is 19.4. The van der Waals surface area contributed by atoms with Gasteiger partial charge in [-0.25, -0.2) is 8.78 Å². The fraction of sp³-hybridized carbons (Fsp3) is 0.333. The van der Waals surface area contributed by atoms with Gasteiger partial charge in [-0.05, 0) is 47.6 Å². The number of hydrogen-bond donors (Lipinski definition) is 0. The van der Waals surface area contributed by atoms with Crippen molar-refractivity contribution in [3.8, 4) is 11.1 Å². The molecule has 124 valence electrons. The number of alkyl halides is 3. The van der Waals surface area contributed by atoms with E-state index in [1.165, 1.54) is 0 Å². The standard InChI is InChI=1S/C18H17F5/c1-11(2)3-4-12-5-7-13(8-6-12)14-9-15(19)17(16(20)10-14)18(21,22)23/h5-11H,3-4H2,1-2H3. The minimum Gasteiger partial charge on any atom is -0.206 e. The molecule has 23 heavy (non-hydrogen) atoms. The second-order valence-corrected chi connectivity index (χ2v) is 5.94. The molecular formula is C18H17F5. The molecule has 0 fully saturated rings. The molecule has 0 nitrogen and oxygen atoms in total. The summed E-state index contributed by atoms with van der Waals surface area (Å²) in [5, 5.41) is 0. The lowest BCUT2D eigenvalue weighted by atomic mass is 9.98. The van der Waals surface area contributed by atoms with Crippen molar-refractivity contribution in [3.63, 3.8) is 0 Å². The summed E-state index contributed by atoms with van der Waals surface area (Å²) in [5.41, 5.74) is -0.210. The summed E-state index contributed by atoms with van der Waals surface area (Å²) in [7, 11) is 0. The number of halogens is 5. The molecule has 0 atom stereocenters. The summed E-state index contributed by atoms with van der Waals surface area (Å²) in [6.07, 6.45) is -3.15. The van der Waals surface area contributed by atoms with E-state index in [1.54, 1.807) is 12.1 Å². The first-order chi connectivity index (χ1) is 10.7. The molecule has 0 aromatic heterocycles. The minimum absolute atomic E-state index is 0.0865. The minimum atomic E-state index is -5.05. The first-order valence-corrected chi connectivity index (χ1v) is 7.34. The van der Waals surface area contributed by atoms with Crippen LogP contribution in [-0.2, 0) is 12.6 Å². The van der Waals surface area contributed by atoms with Crippen LogP contribution >= 0.6 is 0 Å². The molecule has 2 aromatic carbocycles. The van der Waals surface area contributed by atoms with Crippen molar-refractivity contribution in [1.82, 2.24) is 0 Å². The van der Waals surface area contributed by atoms with Crippen LogP contribution in [0.15, 0.2) is 36.4 Å². The van der Waals surface area contributed by atoms with Gasteiger partial charge in [0.25, 0.3) is 0 Å². The summed E-state index contributed by atoms with van der Waals surface area (Å²) in [5.74, 6) is -2.64. The largest absolute Gasteiger partial charge is 0.422 e. The summed E-state index contributed by atoms with van der Waals surface area (Å²) in [6, 6.07) is 8.41. The lowest BCUT2D eigenvalue weighted by molar-refractivity contribution is -0.142. The topological polar surface area (TPSA) is 0 Å². The molecule has 0 amide bonds. The quantitative estimate of drug-likeness (QED) is 0.583. The molecule has 0 aliphatic heterocycles. The van der Waals surface area contributed by atoms with Crippen LogP contribution in [0.3, 0.4) is 0 Å². The first-order valence-electron chi connectivity index (χ1n) is 7.34. The van der Waals surface area contributed by atoms with Crippen molar-refractivity contribution >= 4 is 0 Å². The van der Waals surface area contributed by atoms with Crippen LogP contribution in [0.4, 0.5) is 22.0 Å². The fourth-order valence-corrected chi connectivity index (χ4v) is 2.33. The van der Waals surface area contributed by atoms with Crippen LogP contribution in [0.1, 0.15) is 31.4 Å². The smallest absolute Gasteiger partial charge is 0.206 e. The highest BCUT2D eigenvalue weighted by molar-refractivity contribution is 5.64. The van der Waals surface area contributed by atoms with Gasteiger partial charge in [0.2, 0.25) is 0 Å². The van der Waals surface area contributed by atoms with Gasteiger partial charge in [-0.3, -0.25) is 0 Å². The highest BCUT2D eigenvalue weighted by Gasteiger charge is 2.37. The predicted molar refractivity (Wildman–Crippen MR) is 80.0 cm³/mol. The van der Waals surface area contributed by atoms with Crippen LogP contribution in [0.25, 0.3) is 11.1 Å². The normalized spacial score (nSPS) is 12.0. The van der Waals surface area contributed by atoms with Crippen LogP contribution in [0.2, 0.25) is 0 Å². The molecule has 2 aromatic rings. The molecule has 0 aliphatic carbocycles. The molecule has 0 saturated heterocycles. The Kier molecular flexibility index (Phi) is 5.07. The van der Waals surface area contributed by atoms with Crippen LogP contribution in [0.5, 0.6) is 0 Å². The summed E-state index contributed by atoms with van der Waals surface area (Å²) in [4.78, 5) is 0. The van der Waals surface area contributed by atoms with Crippen molar-refractivity contribution in [3.05, 3.63) is 59.2 Å². The van der Waals surface area contributed by atoms with Gasteiger partial charge in [-0.15, -0.1) is 0 Å². The van der Waals surface area contributed by atoms with E-state index in [0.717, 1.165) is 30.5 Å². The Morgan fingerprint density at radius 3 is 1.83 bits per heavy atom. The van der Waals surface area contributed by atoms with E-state index in [1.807, 2.05) is 12.1 Å². The maximum atomic E-state index is 13.6. The molecule has 5 heteroatoms. The Labute approximate surface area is 132 Å². The lowest BCUT2D eigenvalue weighted by Crippen LogP contribution is -2.11. The van der Waals surface area contributed by atoms with Crippen molar-refractivity contribution in [2.24, 2.45) is 5.92 Å². The molecule has 0 spiro atoms. The highest BCUT2D eigenvalue weighted by Crippen LogP contribution is 2.35. The molecule has 2 rings (SSSR count). The zero-order valence-corrected chi connectivity index (χ0v) is 12.8. The zero-order chi connectivity index (χ0) is 17.2. The number of aryl methyl sites for hydroxylation is 1. The molecular weight excluding hydrogens is 311 g/mol. The second-order valence-electron chi connectivity index (χ2n) is 5.94. The van der Waals surface area contributed by atoms with Gasteiger partial charge < -0.3 is 0 Å². The second kappa shape index (κ2) is 6.69. The van der Waals surface area contributed by atoms with Gasteiger partial charge in [0.1, 0.15) is 17.2 Å². The monoisotopic (exact) mass is 328 g/mol. The van der Waals surface area contributed by atoms with E-state index in [9.17, 15) is 22.0 Å². The summed E-state index contributed by atoms with van der Waals surface area (Å²) in [6.45, 7) is 4.23. The van der Waals surface area contributed by atoms with Gasteiger partial charge in [-0.1, -0.05) is 38.1 Å². The average Bonchev–Trinajstić information content (AvgIpc) is 2.43. The maximum absolute atomic E-state index is 13.6. The predicted octanol–water partition coefficient (Wildman–Crippen LogP) is 6.24. The summed E-state index contributed by atoms with van der Waals surface area (Å²) >= 11 is 0. The van der Waals surface area contributed by atoms with Gasteiger partial charge >= 0.3 is 6.18 Å². The average molecular weight is 328 g/mol. The van der Waals surface area contributed by atoms with Crippen LogP contribution in [-0.4, -0.2) is 0 Å². The van der Waals surface area contributed by atoms with Crippen LogP contribution in [0, 0.1) is 17.6 Å². The van der Waals surface area contributed by atoms with Gasteiger partial charge in [-0.2, -0.15) is 13.2 Å². The molecule has 0 aliphatic rings. The molecule has 0 heterocycles. The molecule has 0 radical (unpaired) electrons. The Balaban J connectivity index is 2.29. The van der Waals surface area contributed by atoms with E-state index < -0.39 is 23.4 Å². The van der Waals surface area contributed by atoms with E-state index in [2.05, 4.69) is 13.8 Å². The van der Waals surface area contributed by atoms with E-state index in [0.29, 0.717) is 11.5 Å². The van der Waals surface area contributed by atoms with Gasteiger partial charge in [0.05, 0.1) is 0 Å². The third kappa shape index (κ3) is 4.30. The fourth-order valence-electron chi connectivity index (χ4n) is 2.33. The van der Waals surface area contributed by atoms with Crippen molar-refractivity contribution in [2.45, 2.75) is 32.9 Å². The maximum Gasteiger partial charge on any atom is 0.422 e. The van der Waals surface area contributed by atoms with Gasteiger partial charge in [0, 0.05) is 0 Å². The van der Waals surface area contributed by atoms with Crippen molar-refractivity contribution < 1.29 is 22.0 Å². The molecule has 0 N–H and O–H groups in total. The third-order valence-electron chi connectivity index (χ3n) is 3.62. The van der Waals surface area contributed by atoms with Crippen LogP contribution < -0.4 is 0 Å². The van der Waals surface area contributed by atoms with Gasteiger partial charge in [0.15, 0.2) is 0 Å².